The van der Waals surface area contributed by atoms with Crippen LogP contribution in [0.3, 0.4) is 0 Å². The van der Waals surface area contributed by atoms with Gasteiger partial charge in [0.1, 0.15) is 0 Å². The third-order valence-corrected chi connectivity index (χ3v) is 2.59. The Balaban J connectivity index is 2.97. The first-order valence-corrected chi connectivity index (χ1v) is 5.11. The monoisotopic (exact) mass is 209 g/mol. The van der Waals surface area contributed by atoms with Crippen LogP contribution in [0.15, 0.2) is 30.9 Å². The van der Waals surface area contributed by atoms with Crippen molar-refractivity contribution in [1.82, 2.24) is 5.32 Å². The van der Waals surface area contributed by atoms with Crippen molar-refractivity contribution in [3.63, 3.8) is 0 Å². The molecule has 14 heavy (non-hydrogen) atoms. The molecule has 0 saturated heterocycles. The van der Waals surface area contributed by atoms with Crippen molar-refractivity contribution in [1.29, 1.82) is 0 Å². The summed E-state index contributed by atoms with van der Waals surface area (Å²) in [6.45, 7) is 5.83. The summed E-state index contributed by atoms with van der Waals surface area (Å²) >= 11 is 5.90. The van der Waals surface area contributed by atoms with Gasteiger partial charge in [0.05, 0.1) is 0 Å². The molecule has 0 fully saturated rings. The minimum absolute atomic E-state index is 0.338. The van der Waals surface area contributed by atoms with Crippen LogP contribution in [-0.2, 0) is 0 Å². The Kier molecular flexibility index (Phi) is 4.18. The molecule has 1 nitrogen and oxygen atoms in total. The molecule has 0 heterocycles. The van der Waals surface area contributed by atoms with E-state index < -0.39 is 0 Å². The molecule has 1 atom stereocenters. The average molecular weight is 210 g/mol. The van der Waals surface area contributed by atoms with Crippen LogP contribution >= 0.6 is 11.6 Å². The highest BCUT2D eigenvalue weighted by Crippen LogP contribution is 2.23. The maximum Gasteiger partial charge on any atom is 0.0408 e. The number of nitrogens with one attached hydrogen (secondary N) is 1. The molecule has 2 heteroatoms. The van der Waals surface area contributed by atoms with Crippen molar-refractivity contribution in [3.8, 4) is 0 Å². The molecular formula is C12H16ClN. The number of aryl methyl sites for hydroxylation is 1. The molecule has 0 aliphatic carbocycles. The van der Waals surface area contributed by atoms with Gasteiger partial charge in [-0.15, -0.1) is 6.58 Å². The molecule has 0 aliphatic heterocycles. The van der Waals surface area contributed by atoms with E-state index in [9.17, 15) is 0 Å². The lowest BCUT2D eigenvalue weighted by Crippen LogP contribution is -2.16. The van der Waals surface area contributed by atoms with E-state index in [0.717, 1.165) is 11.4 Å². The average Bonchev–Trinajstić information content (AvgIpc) is 2.15. The molecule has 0 aromatic heterocycles. The van der Waals surface area contributed by atoms with Crippen molar-refractivity contribution in [2.45, 2.75) is 19.4 Å². The molecule has 1 rings (SSSR count). The maximum absolute atomic E-state index is 5.90. The zero-order chi connectivity index (χ0) is 10.6. The molecule has 0 radical (unpaired) electrons. The van der Waals surface area contributed by atoms with Crippen LogP contribution in [0.2, 0.25) is 5.02 Å². The van der Waals surface area contributed by atoms with E-state index >= 15 is 0 Å². The second-order valence-corrected chi connectivity index (χ2v) is 3.80. The SMILES string of the molecule is C=CCC(NC)c1ccc(Cl)cc1C. The Labute approximate surface area is 90.8 Å². The zero-order valence-corrected chi connectivity index (χ0v) is 9.43. The fourth-order valence-electron chi connectivity index (χ4n) is 1.60. The molecule has 1 aromatic carbocycles. The molecule has 1 N–H and O–H groups in total. The first-order chi connectivity index (χ1) is 6.69. The van der Waals surface area contributed by atoms with E-state index in [0.29, 0.717) is 6.04 Å². The molecule has 1 unspecified atom stereocenters. The van der Waals surface area contributed by atoms with Gasteiger partial charge in [-0.1, -0.05) is 23.7 Å². The normalized spacial score (nSPS) is 12.5. The molecule has 0 bridgehead atoms. The molecule has 76 valence electrons. The first-order valence-electron chi connectivity index (χ1n) is 4.73. The van der Waals surface area contributed by atoms with Crippen LogP contribution in [0.5, 0.6) is 0 Å². The Morgan fingerprint density at radius 3 is 2.79 bits per heavy atom. The number of rotatable bonds is 4. The lowest BCUT2D eigenvalue weighted by atomic mass is 9.99. The Bertz CT molecular complexity index is 320. The molecular weight excluding hydrogens is 194 g/mol. The Morgan fingerprint density at radius 1 is 1.57 bits per heavy atom. The molecule has 0 amide bonds. The second-order valence-electron chi connectivity index (χ2n) is 3.37. The summed E-state index contributed by atoms with van der Waals surface area (Å²) in [6.07, 6.45) is 2.86. The highest BCUT2D eigenvalue weighted by molar-refractivity contribution is 6.30. The molecule has 0 saturated carbocycles. The zero-order valence-electron chi connectivity index (χ0n) is 8.68. The number of hydrogen-bond acceptors (Lipinski definition) is 1. The van der Waals surface area contributed by atoms with Gasteiger partial charge in [-0.25, -0.2) is 0 Å². The van der Waals surface area contributed by atoms with E-state index in [4.69, 9.17) is 11.6 Å². The molecule has 0 aliphatic rings. The van der Waals surface area contributed by atoms with Gasteiger partial charge in [0.15, 0.2) is 0 Å². The number of hydrogen-bond donors (Lipinski definition) is 1. The van der Waals surface area contributed by atoms with Crippen molar-refractivity contribution < 1.29 is 0 Å². The lowest BCUT2D eigenvalue weighted by molar-refractivity contribution is 0.600. The van der Waals surface area contributed by atoms with Gasteiger partial charge in [0, 0.05) is 11.1 Å². The van der Waals surface area contributed by atoms with Gasteiger partial charge < -0.3 is 5.32 Å². The lowest BCUT2D eigenvalue weighted by Gasteiger charge is -2.17. The summed E-state index contributed by atoms with van der Waals surface area (Å²) < 4.78 is 0. The van der Waals surface area contributed by atoms with Crippen LogP contribution in [0.25, 0.3) is 0 Å². The molecule has 0 spiro atoms. The summed E-state index contributed by atoms with van der Waals surface area (Å²) in [6, 6.07) is 6.33. The Morgan fingerprint density at radius 2 is 2.29 bits per heavy atom. The van der Waals surface area contributed by atoms with Crippen molar-refractivity contribution in [3.05, 3.63) is 47.0 Å². The van der Waals surface area contributed by atoms with Crippen LogP contribution in [0.4, 0.5) is 0 Å². The second kappa shape index (κ2) is 5.18. The number of halogens is 1. The van der Waals surface area contributed by atoms with E-state index in [1.807, 2.05) is 25.3 Å². The van der Waals surface area contributed by atoms with Gasteiger partial charge in [0.2, 0.25) is 0 Å². The topological polar surface area (TPSA) is 12.0 Å². The smallest absolute Gasteiger partial charge is 0.0408 e. The van der Waals surface area contributed by atoms with E-state index in [2.05, 4.69) is 24.9 Å². The first kappa shape index (κ1) is 11.3. The third-order valence-electron chi connectivity index (χ3n) is 2.36. The van der Waals surface area contributed by atoms with Gasteiger partial charge in [-0.05, 0) is 43.7 Å². The standard InChI is InChI=1S/C12H16ClN/c1-4-5-12(14-3)11-7-6-10(13)8-9(11)2/h4,6-8,12,14H,1,5H2,2-3H3. The van der Waals surface area contributed by atoms with Crippen molar-refractivity contribution >= 4 is 11.6 Å². The summed E-state index contributed by atoms with van der Waals surface area (Å²) in [5.41, 5.74) is 2.51. The van der Waals surface area contributed by atoms with E-state index in [1.165, 1.54) is 11.1 Å². The van der Waals surface area contributed by atoms with Gasteiger partial charge in [0.25, 0.3) is 0 Å². The van der Waals surface area contributed by atoms with Crippen molar-refractivity contribution in [2.75, 3.05) is 7.05 Å². The summed E-state index contributed by atoms with van der Waals surface area (Å²) in [7, 11) is 1.96. The fourth-order valence-corrected chi connectivity index (χ4v) is 1.82. The minimum Gasteiger partial charge on any atom is -0.313 e. The third kappa shape index (κ3) is 2.60. The summed E-state index contributed by atoms with van der Waals surface area (Å²) in [5, 5.41) is 4.06. The predicted molar refractivity (Wildman–Crippen MR) is 62.8 cm³/mol. The highest BCUT2D eigenvalue weighted by atomic mass is 35.5. The van der Waals surface area contributed by atoms with E-state index in [1.54, 1.807) is 0 Å². The molecule has 1 aromatic rings. The van der Waals surface area contributed by atoms with Crippen LogP contribution in [-0.4, -0.2) is 7.05 Å². The summed E-state index contributed by atoms with van der Waals surface area (Å²) in [4.78, 5) is 0. The largest absolute Gasteiger partial charge is 0.313 e. The highest BCUT2D eigenvalue weighted by Gasteiger charge is 2.09. The number of benzene rings is 1. The van der Waals surface area contributed by atoms with E-state index in [-0.39, 0.29) is 0 Å². The minimum atomic E-state index is 0.338. The van der Waals surface area contributed by atoms with Crippen LogP contribution in [0, 0.1) is 6.92 Å². The van der Waals surface area contributed by atoms with Crippen molar-refractivity contribution in [2.24, 2.45) is 0 Å². The fraction of sp³-hybridized carbons (Fsp3) is 0.333. The quantitative estimate of drug-likeness (QED) is 0.749. The maximum atomic E-state index is 5.90. The van der Waals surface area contributed by atoms with Gasteiger partial charge in [-0.3, -0.25) is 0 Å². The Hall–Kier alpha value is -0.790. The van der Waals surface area contributed by atoms with Crippen LogP contribution in [0.1, 0.15) is 23.6 Å². The van der Waals surface area contributed by atoms with Gasteiger partial charge in [-0.2, -0.15) is 0 Å². The van der Waals surface area contributed by atoms with Gasteiger partial charge >= 0.3 is 0 Å². The van der Waals surface area contributed by atoms with Crippen LogP contribution < -0.4 is 5.32 Å². The predicted octanol–water partition coefficient (Wildman–Crippen LogP) is 3.49. The summed E-state index contributed by atoms with van der Waals surface area (Å²) in [5.74, 6) is 0.